The molecule has 0 bridgehead atoms. The lowest BCUT2D eigenvalue weighted by Gasteiger charge is -2.18. The average molecular weight is 907 g/mol. The summed E-state index contributed by atoms with van der Waals surface area (Å²) >= 11 is 0. The zero-order valence-corrected chi connectivity index (χ0v) is 41.6. The highest BCUT2D eigenvalue weighted by Gasteiger charge is 2.19. The van der Waals surface area contributed by atoms with E-state index >= 15 is 0 Å². The highest BCUT2D eigenvalue weighted by molar-refractivity contribution is 5.71. The first-order chi connectivity index (χ1) is 32.5. The summed E-state index contributed by atoms with van der Waals surface area (Å²) in [4.78, 5) is 38.0. The van der Waals surface area contributed by atoms with Gasteiger partial charge in [0.1, 0.15) is 13.2 Å². The number of esters is 3. The zero-order chi connectivity index (χ0) is 47.9. The standard InChI is InChI=1S/C60H90O6/c1-4-7-10-13-16-19-22-25-28-29-30-33-35-38-41-44-47-50-53-59(62)65-56-57(66-60(63)54-51-48-45-42-39-36-32-27-24-21-18-15-12-9-6-3)55-64-58(61)52-49-46-43-40-37-34-31-26-23-20-17-14-11-8-5-2/h8-9,11-12,14-33,36,39,57H,4-7,10,13,34-35,37-38,40-56H2,1-3H3/b11-8-,12-9-,17-14-,18-15-,19-16-,23-20-,24-21-,25-22-,29-28-,31-26-,32-27-,33-30-,39-36-. The van der Waals surface area contributed by atoms with E-state index in [0.717, 1.165) is 116 Å². The lowest BCUT2D eigenvalue weighted by atomic mass is 10.1. The van der Waals surface area contributed by atoms with Gasteiger partial charge in [0.25, 0.3) is 0 Å². The summed E-state index contributed by atoms with van der Waals surface area (Å²) in [6.45, 7) is 6.21. The summed E-state index contributed by atoms with van der Waals surface area (Å²) < 4.78 is 16.7. The van der Waals surface area contributed by atoms with Crippen LogP contribution >= 0.6 is 0 Å². The van der Waals surface area contributed by atoms with Gasteiger partial charge in [0.05, 0.1) is 0 Å². The number of allylic oxidation sites excluding steroid dienone is 26. The molecule has 0 rings (SSSR count). The maximum atomic E-state index is 12.8. The molecule has 0 fully saturated rings. The van der Waals surface area contributed by atoms with E-state index in [1.807, 2.05) is 72.9 Å². The van der Waals surface area contributed by atoms with E-state index in [0.29, 0.717) is 19.3 Å². The maximum absolute atomic E-state index is 12.8. The molecule has 0 radical (unpaired) electrons. The van der Waals surface area contributed by atoms with Crippen LogP contribution in [0.5, 0.6) is 0 Å². The fourth-order valence-electron chi connectivity index (χ4n) is 6.25. The summed E-state index contributed by atoms with van der Waals surface area (Å²) in [5.74, 6) is -1.02. The first kappa shape index (κ1) is 61.0. The molecule has 0 saturated carbocycles. The van der Waals surface area contributed by atoms with Gasteiger partial charge in [-0.15, -0.1) is 0 Å². The van der Waals surface area contributed by atoms with Gasteiger partial charge in [-0.3, -0.25) is 14.4 Å². The van der Waals surface area contributed by atoms with Crippen LogP contribution in [0.2, 0.25) is 0 Å². The molecular formula is C60H90O6. The molecule has 0 aromatic rings. The predicted molar refractivity (Wildman–Crippen MR) is 283 cm³/mol. The fourth-order valence-corrected chi connectivity index (χ4v) is 6.25. The molecule has 1 atom stereocenters. The third kappa shape index (κ3) is 50.0. The summed E-state index contributed by atoms with van der Waals surface area (Å²) in [6.07, 6.45) is 76.4. The van der Waals surface area contributed by atoms with Gasteiger partial charge < -0.3 is 14.2 Å². The topological polar surface area (TPSA) is 78.9 Å². The predicted octanol–water partition coefficient (Wildman–Crippen LogP) is 17.0. The fraction of sp³-hybridized carbons (Fsp3) is 0.517. The SMILES string of the molecule is CC\C=C/C=C\C=C/C=C\C=C/CCCCCC(=O)OC(COC(=O)CCCCCCC\C=C/C=C\C=C/C=C\CC)COC(=O)CCCCCCC\C=C/C=C\C=C/C=C\CCCCC. The molecule has 0 aliphatic carbocycles. The Bertz CT molecular complexity index is 1560. The van der Waals surface area contributed by atoms with E-state index < -0.39 is 6.10 Å². The highest BCUT2D eigenvalue weighted by Crippen LogP contribution is 2.12. The van der Waals surface area contributed by atoms with E-state index in [1.165, 1.54) is 19.3 Å². The molecule has 0 aliphatic rings. The molecule has 0 aromatic heterocycles. The Balaban J connectivity index is 4.60. The number of unbranched alkanes of at least 4 members (excludes halogenated alkanes) is 16. The quantitative estimate of drug-likeness (QED) is 0.0262. The Hall–Kier alpha value is -4.97. The first-order valence-electron chi connectivity index (χ1n) is 25.7. The van der Waals surface area contributed by atoms with E-state index in [4.69, 9.17) is 14.2 Å². The number of carbonyl (C=O) groups excluding carboxylic acids is 3. The van der Waals surface area contributed by atoms with E-state index in [1.54, 1.807) is 0 Å². The van der Waals surface area contributed by atoms with Gasteiger partial charge in [-0.2, -0.15) is 0 Å². The minimum absolute atomic E-state index is 0.124. The Kier molecular flexibility index (Phi) is 48.7. The van der Waals surface area contributed by atoms with Gasteiger partial charge in [-0.05, 0) is 83.5 Å². The second-order valence-corrected chi connectivity index (χ2v) is 16.3. The second-order valence-electron chi connectivity index (χ2n) is 16.3. The Morgan fingerprint density at radius 2 is 0.591 bits per heavy atom. The molecule has 366 valence electrons. The van der Waals surface area contributed by atoms with Gasteiger partial charge in [0, 0.05) is 19.3 Å². The van der Waals surface area contributed by atoms with Crippen LogP contribution in [-0.4, -0.2) is 37.2 Å². The molecule has 1 unspecified atom stereocenters. The van der Waals surface area contributed by atoms with Crippen LogP contribution in [0.15, 0.2) is 158 Å². The first-order valence-corrected chi connectivity index (χ1v) is 25.7. The molecular weight excluding hydrogens is 817 g/mol. The van der Waals surface area contributed by atoms with Crippen LogP contribution in [0.4, 0.5) is 0 Å². The summed E-state index contributed by atoms with van der Waals surface area (Å²) in [5, 5.41) is 0. The lowest BCUT2D eigenvalue weighted by Crippen LogP contribution is -2.30. The number of carbonyl (C=O) groups is 3. The van der Waals surface area contributed by atoms with Gasteiger partial charge >= 0.3 is 17.9 Å². The van der Waals surface area contributed by atoms with Gasteiger partial charge in [-0.1, -0.05) is 237 Å². The van der Waals surface area contributed by atoms with Crippen molar-refractivity contribution in [2.24, 2.45) is 0 Å². The van der Waals surface area contributed by atoms with Crippen LogP contribution in [0, 0.1) is 0 Å². The van der Waals surface area contributed by atoms with Crippen LogP contribution < -0.4 is 0 Å². The number of hydrogen-bond acceptors (Lipinski definition) is 6. The van der Waals surface area contributed by atoms with Crippen molar-refractivity contribution in [3.05, 3.63) is 158 Å². The molecule has 0 aromatic carbocycles. The van der Waals surface area contributed by atoms with Crippen molar-refractivity contribution in [3.8, 4) is 0 Å². The number of ether oxygens (including phenoxy) is 3. The van der Waals surface area contributed by atoms with Crippen LogP contribution in [0.25, 0.3) is 0 Å². The van der Waals surface area contributed by atoms with Crippen LogP contribution in [-0.2, 0) is 28.6 Å². The Morgan fingerprint density at radius 3 is 0.939 bits per heavy atom. The van der Waals surface area contributed by atoms with Crippen molar-refractivity contribution in [2.45, 2.75) is 187 Å². The van der Waals surface area contributed by atoms with Crippen molar-refractivity contribution < 1.29 is 28.6 Å². The maximum Gasteiger partial charge on any atom is 0.306 e. The number of hydrogen-bond donors (Lipinski definition) is 0. The van der Waals surface area contributed by atoms with Crippen molar-refractivity contribution in [1.29, 1.82) is 0 Å². The summed E-state index contributed by atoms with van der Waals surface area (Å²) in [5.41, 5.74) is 0. The number of rotatable bonds is 43. The van der Waals surface area contributed by atoms with Crippen molar-refractivity contribution in [2.75, 3.05) is 13.2 Å². The normalized spacial score (nSPS) is 13.4. The van der Waals surface area contributed by atoms with Crippen molar-refractivity contribution in [3.63, 3.8) is 0 Å². The van der Waals surface area contributed by atoms with E-state index in [-0.39, 0.29) is 37.5 Å². The third-order valence-corrected chi connectivity index (χ3v) is 10.1. The molecule has 66 heavy (non-hydrogen) atoms. The molecule has 6 nitrogen and oxygen atoms in total. The lowest BCUT2D eigenvalue weighted by molar-refractivity contribution is -0.167. The molecule has 0 aliphatic heterocycles. The third-order valence-electron chi connectivity index (χ3n) is 10.1. The monoisotopic (exact) mass is 907 g/mol. The minimum atomic E-state index is -0.828. The minimum Gasteiger partial charge on any atom is -0.462 e. The van der Waals surface area contributed by atoms with Crippen molar-refractivity contribution in [1.82, 2.24) is 0 Å². The van der Waals surface area contributed by atoms with Gasteiger partial charge in [0.15, 0.2) is 6.10 Å². The van der Waals surface area contributed by atoms with E-state index in [2.05, 4.69) is 106 Å². The second kappa shape index (κ2) is 52.7. The largest absolute Gasteiger partial charge is 0.462 e. The molecule has 0 spiro atoms. The Labute approximate surface area is 403 Å². The molecule has 0 heterocycles. The Morgan fingerprint density at radius 1 is 0.318 bits per heavy atom. The molecule has 0 amide bonds. The zero-order valence-electron chi connectivity index (χ0n) is 41.6. The van der Waals surface area contributed by atoms with Gasteiger partial charge in [0.2, 0.25) is 0 Å². The van der Waals surface area contributed by atoms with Crippen LogP contribution in [0.1, 0.15) is 181 Å². The molecule has 0 saturated heterocycles. The van der Waals surface area contributed by atoms with Gasteiger partial charge in [-0.25, -0.2) is 0 Å². The average Bonchev–Trinajstić information content (AvgIpc) is 3.31. The summed E-state index contributed by atoms with van der Waals surface area (Å²) in [7, 11) is 0. The van der Waals surface area contributed by atoms with Crippen molar-refractivity contribution >= 4 is 17.9 Å². The summed E-state index contributed by atoms with van der Waals surface area (Å²) in [6, 6.07) is 0. The van der Waals surface area contributed by atoms with E-state index in [9.17, 15) is 14.4 Å². The molecule has 6 heteroatoms. The van der Waals surface area contributed by atoms with Crippen LogP contribution in [0.3, 0.4) is 0 Å². The molecule has 0 N–H and O–H groups in total. The highest BCUT2D eigenvalue weighted by atomic mass is 16.6. The smallest absolute Gasteiger partial charge is 0.306 e.